The topological polar surface area (TPSA) is 32.8 Å². The van der Waals surface area contributed by atoms with Crippen molar-refractivity contribution in [2.75, 3.05) is 13.1 Å². The number of carbonyl (C=O) groups excluding carboxylic acids is 1. The first-order valence-electron chi connectivity index (χ1n) is 7.38. The van der Waals surface area contributed by atoms with Gasteiger partial charge in [0.25, 0.3) is 0 Å². The molecule has 3 aliphatic rings. The van der Waals surface area contributed by atoms with Crippen LogP contribution in [0, 0.1) is 0 Å². The molecule has 3 saturated heterocycles. The second kappa shape index (κ2) is 5.44. The van der Waals surface area contributed by atoms with Gasteiger partial charge in [0, 0.05) is 31.2 Å². The lowest BCUT2D eigenvalue weighted by Gasteiger charge is -2.57. The summed E-state index contributed by atoms with van der Waals surface area (Å²) in [5, 5.41) is 0. The van der Waals surface area contributed by atoms with Crippen LogP contribution in [0.2, 0.25) is 0 Å². The average molecular weight is 274 g/mol. The van der Waals surface area contributed by atoms with Gasteiger partial charge in [0.15, 0.2) is 0 Å². The maximum atomic E-state index is 12.1. The van der Waals surface area contributed by atoms with Crippen molar-refractivity contribution < 1.29 is 9.53 Å². The van der Waals surface area contributed by atoms with Crippen molar-refractivity contribution in [1.29, 1.82) is 0 Å². The number of hydrogen-bond acceptors (Lipinski definition) is 3. The third-order valence-corrected chi connectivity index (χ3v) is 4.31. The molecule has 0 saturated carbocycles. The van der Waals surface area contributed by atoms with E-state index < -0.39 is 0 Å². The molecule has 0 aromatic heterocycles. The lowest BCUT2D eigenvalue weighted by atomic mass is 9.86. The molecule has 4 nitrogen and oxygen atoms in total. The van der Waals surface area contributed by atoms with Gasteiger partial charge in [-0.1, -0.05) is 30.3 Å². The van der Waals surface area contributed by atoms with Gasteiger partial charge in [0.2, 0.25) is 0 Å². The van der Waals surface area contributed by atoms with Crippen molar-refractivity contribution in [3.63, 3.8) is 0 Å². The molecule has 4 rings (SSSR count). The Balaban J connectivity index is 1.50. The zero-order valence-electron chi connectivity index (χ0n) is 12.2. The molecule has 3 fully saturated rings. The number of rotatable bonds is 3. The van der Waals surface area contributed by atoms with Gasteiger partial charge in [-0.3, -0.25) is 4.90 Å². The highest BCUT2D eigenvalue weighted by Gasteiger charge is 2.47. The summed E-state index contributed by atoms with van der Waals surface area (Å²) in [5.74, 6) is 0. The monoisotopic (exact) mass is 274 g/mol. The molecular formula is C16H22N2O2. The van der Waals surface area contributed by atoms with Gasteiger partial charge < -0.3 is 9.64 Å². The SMILES string of the molecule is CC(C)N1C2CC1CN(C(=O)OCc1ccccc1)C2. The summed E-state index contributed by atoms with van der Waals surface area (Å²) < 4.78 is 5.40. The van der Waals surface area contributed by atoms with Gasteiger partial charge in [-0.05, 0) is 25.8 Å². The van der Waals surface area contributed by atoms with E-state index in [-0.39, 0.29) is 6.09 Å². The lowest BCUT2D eigenvalue weighted by molar-refractivity contribution is -0.0830. The summed E-state index contributed by atoms with van der Waals surface area (Å²) in [4.78, 5) is 16.5. The number of hydrogen-bond donors (Lipinski definition) is 0. The second-order valence-electron chi connectivity index (χ2n) is 6.03. The fourth-order valence-electron chi connectivity index (χ4n) is 3.44. The Morgan fingerprint density at radius 3 is 2.50 bits per heavy atom. The molecule has 0 spiro atoms. The predicted molar refractivity (Wildman–Crippen MR) is 77.4 cm³/mol. The Bertz CT molecular complexity index is 463. The Morgan fingerprint density at radius 1 is 1.25 bits per heavy atom. The van der Waals surface area contributed by atoms with Gasteiger partial charge in [0.1, 0.15) is 6.61 Å². The van der Waals surface area contributed by atoms with Gasteiger partial charge in [-0.15, -0.1) is 0 Å². The molecule has 108 valence electrons. The molecule has 0 N–H and O–H groups in total. The molecule has 4 heteroatoms. The van der Waals surface area contributed by atoms with E-state index in [1.165, 1.54) is 6.42 Å². The van der Waals surface area contributed by atoms with Crippen LogP contribution < -0.4 is 0 Å². The average Bonchev–Trinajstić information content (AvgIpc) is 2.45. The van der Waals surface area contributed by atoms with E-state index >= 15 is 0 Å². The van der Waals surface area contributed by atoms with E-state index in [2.05, 4.69) is 18.7 Å². The lowest BCUT2D eigenvalue weighted by Crippen LogP contribution is -2.70. The predicted octanol–water partition coefficient (Wildman–Crippen LogP) is 2.49. The van der Waals surface area contributed by atoms with E-state index in [1.807, 2.05) is 35.2 Å². The molecule has 3 heterocycles. The van der Waals surface area contributed by atoms with Gasteiger partial charge in [0.05, 0.1) is 0 Å². The summed E-state index contributed by atoms with van der Waals surface area (Å²) in [5.41, 5.74) is 1.03. The Kier molecular flexibility index (Phi) is 3.66. The van der Waals surface area contributed by atoms with Crippen LogP contribution in [0.25, 0.3) is 0 Å². The highest BCUT2D eigenvalue weighted by molar-refractivity contribution is 5.68. The number of nitrogens with zero attached hydrogens (tertiary/aromatic N) is 2. The summed E-state index contributed by atoms with van der Waals surface area (Å²) in [6.07, 6.45) is 1.05. The number of fused-ring (bicyclic) bond motifs is 2. The normalized spacial score (nSPS) is 25.4. The molecule has 1 aromatic carbocycles. The fourth-order valence-corrected chi connectivity index (χ4v) is 3.44. The van der Waals surface area contributed by atoms with Crippen molar-refractivity contribution in [3.05, 3.63) is 35.9 Å². The minimum Gasteiger partial charge on any atom is -0.445 e. The number of piperidine rings is 1. The summed E-state index contributed by atoms with van der Waals surface area (Å²) in [6.45, 7) is 6.43. The molecule has 20 heavy (non-hydrogen) atoms. The molecule has 0 radical (unpaired) electrons. The van der Waals surface area contributed by atoms with Crippen LogP contribution in [-0.2, 0) is 11.3 Å². The minimum absolute atomic E-state index is 0.174. The second-order valence-corrected chi connectivity index (χ2v) is 6.03. The summed E-state index contributed by atoms with van der Waals surface area (Å²) >= 11 is 0. The number of ether oxygens (including phenoxy) is 1. The van der Waals surface area contributed by atoms with Crippen LogP contribution in [0.5, 0.6) is 0 Å². The third-order valence-electron chi connectivity index (χ3n) is 4.31. The molecule has 2 unspecified atom stereocenters. The molecule has 0 aliphatic carbocycles. The van der Waals surface area contributed by atoms with Gasteiger partial charge >= 0.3 is 6.09 Å². The van der Waals surface area contributed by atoms with Crippen molar-refractivity contribution in [3.8, 4) is 0 Å². The molecular weight excluding hydrogens is 252 g/mol. The Hall–Kier alpha value is -1.55. The molecule has 3 aliphatic heterocycles. The quantitative estimate of drug-likeness (QED) is 0.849. The van der Waals surface area contributed by atoms with E-state index in [0.29, 0.717) is 24.7 Å². The van der Waals surface area contributed by atoms with Gasteiger partial charge in [-0.25, -0.2) is 4.79 Å². The highest BCUT2D eigenvalue weighted by atomic mass is 16.6. The zero-order valence-corrected chi connectivity index (χ0v) is 12.2. The molecule has 2 atom stereocenters. The van der Waals surface area contributed by atoms with E-state index in [9.17, 15) is 4.79 Å². The van der Waals surface area contributed by atoms with Crippen LogP contribution in [0.1, 0.15) is 25.8 Å². The van der Waals surface area contributed by atoms with Crippen LogP contribution in [0.15, 0.2) is 30.3 Å². The van der Waals surface area contributed by atoms with Crippen LogP contribution in [0.3, 0.4) is 0 Å². The van der Waals surface area contributed by atoms with Crippen LogP contribution >= 0.6 is 0 Å². The molecule has 1 aromatic rings. The number of piperazine rings is 1. The number of benzene rings is 1. The summed E-state index contributed by atoms with van der Waals surface area (Å²) in [6, 6.07) is 11.4. The first-order chi connectivity index (χ1) is 9.65. The Labute approximate surface area is 120 Å². The highest BCUT2D eigenvalue weighted by Crippen LogP contribution is 2.34. The smallest absolute Gasteiger partial charge is 0.410 e. The number of carbonyl (C=O) groups is 1. The van der Waals surface area contributed by atoms with E-state index in [4.69, 9.17) is 4.74 Å². The van der Waals surface area contributed by atoms with Crippen LogP contribution in [0.4, 0.5) is 4.79 Å². The van der Waals surface area contributed by atoms with Gasteiger partial charge in [-0.2, -0.15) is 0 Å². The first-order valence-corrected chi connectivity index (χ1v) is 7.38. The first kappa shape index (κ1) is 13.4. The maximum absolute atomic E-state index is 12.1. The van der Waals surface area contributed by atoms with Crippen molar-refractivity contribution in [2.24, 2.45) is 0 Å². The van der Waals surface area contributed by atoms with Crippen molar-refractivity contribution in [2.45, 2.75) is 45.0 Å². The van der Waals surface area contributed by atoms with E-state index in [1.54, 1.807) is 0 Å². The summed E-state index contributed by atoms with van der Waals surface area (Å²) in [7, 11) is 0. The molecule has 1 amide bonds. The Morgan fingerprint density at radius 2 is 1.90 bits per heavy atom. The standard InChI is InChI=1S/C16H22N2O2/c1-12(2)18-14-8-15(18)10-17(9-14)16(19)20-11-13-6-4-3-5-7-13/h3-7,12,14-15H,8-11H2,1-2H3. The fraction of sp³-hybridized carbons (Fsp3) is 0.562. The van der Waals surface area contributed by atoms with Crippen LogP contribution in [-0.4, -0.2) is 47.1 Å². The van der Waals surface area contributed by atoms with Crippen molar-refractivity contribution >= 4 is 6.09 Å². The van der Waals surface area contributed by atoms with Crippen molar-refractivity contribution in [1.82, 2.24) is 9.80 Å². The molecule has 2 bridgehead atoms. The largest absolute Gasteiger partial charge is 0.445 e. The minimum atomic E-state index is -0.174. The zero-order chi connectivity index (χ0) is 14.1. The maximum Gasteiger partial charge on any atom is 0.410 e. The number of amides is 1. The van der Waals surface area contributed by atoms with E-state index in [0.717, 1.165) is 18.7 Å². The third kappa shape index (κ3) is 2.52.